The highest BCUT2D eigenvalue weighted by Gasteiger charge is 2.27. The van der Waals surface area contributed by atoms with Crippen LogP contribution in [0, 0.1) is 0 Å². The van der Waals surface area contributed by atoms with Crippen LogP contribution in [0.2, 0.25) is 5.02 Å². The third-order valence-electron chi connectivity index (χ3n) is 5.72. The molecule has 148 valence electrons. The predicted octanol–water partition coefficient (Wildman–Crippen LogP) is 9.09. The predicted molar refractivity (Wildman–Crippen MR) is 133 cm³/mol. The molecule has 0 aliphatic carbocycles. The molecule has 0 spiro atoms. The van der Waals surface area contributed by atoms with Crippen molar-refractivity contribution in [1.29, 1.82) is 0 Å². The van der Waals surface area contributed by atoms with Gasteiger partial charge in [0.05, 0.1) is 22.1 Å². The van der Waals surface area contributed by atoms with Gasteiger partial charge in [0.25, 0.3) is 0 Å². The summed E-state index contributed by atoms with van der Waals surface area (Å²) in [6, 6.07) is 38.3. The Morgan fingerprint density at radius 1 is 0.548 bits per heavy atom. The Morgan fingerprint density at radius 2 is 1.23 bits per heavy atom. The molecule has 0 saturated carbocycles. The van der Waals surface area contributed by atoms with Crippen LogP contribution in [0.15, 0.2) is 119 Å². The van der Waals surface area contributed by atoms with Crippen LogP contribution in [-0.2, 0) is 0 Å². The zero-order chi connectivity index (χ0) is 20.8. The molecule has 31 heavy (non-hydrogen) atoms. The number of fused-ring (bicyclic) bond motifs is 3. The van der Waals surface area contributed by atoms with E-state index < -0.39 is 0 Å². The van der Waals surface area contributed by atoms with Crippen LogP contribution in [0.25, 0.3) is 21.9 Å². The fourth-order valence-corrected chi connectivity index (χ4v) is 5.78. The Bertz CT molecular complexity index is 1430. The van der Waals surface area contributed by atoms with Gasteiger partial charge in [0.2, 0.25) is 0 Å². The van der Waals surface area contributed by atoms with E-state index in [0.717, 1.165) is 22.1 Å². The first-order valence-corrected chi connectivity index (χ1v) is 11.4. The van der Waals surface area contributed by atoms with Crippen molar-refractivity contribution in [3.63, 3.8) is 0 Å². The van der Waals surface area contributed by atoms with Crippen molar-refractivity contribution < 1.29 is 0 Å². The lowest BCUT2D eigenvalue weighted by atomic mass is 9.97. The molecular weight excluding hydrogens is 418 g/mol. The summed E-state index contributed by atoms with van der Waals surface area (Å²) in [6.45, 7) is 0. The summed E-state index contributed by atoms with van der Waals surface area (Å²) in [7, 11) is 0. The van der Waals surface area contributed by atoms with E-state index in [1.54, 1.807) is 11.8 Å². The molecule has 3 heteroatoms. The van der Waals surface area contributed by atoms with Crippen LogP contribution in [0.1, 0.15) is 0 Å². The minimum absolute atomic E-state index is 0.760. The average molecular weight is 436 g/mol. The molecule has 0 unspecified atom stereocenters. The lowest BCUT2D eigenvalue weighted by Crippen LogP contribution is -2.15. The molecule has 0 amide bonds. The summed E-state index contributed by atoms with van der Waals surface area (Å²) in [6.07, 6.45) is 0. The second kappa shape index (κ2) is 7.49. The second-order valence-electron chi connectivity index (χ2n) is 7.54. The van der Waals surface area contributed by atoms with Gasteiger partial charge in [0.15, 0.2) is 0 Å². The third-order valence-corrected chi connectivity index (χ3v) is 7.14. The molecule has 1 aliphatic rings. The number of hydrogen-bond acceptors (Lipinski definition) is 2. The highest BCUT2D eigenvalue weighted by molar-refractivity contribution is 7.99. The van der Waals surface area contributed by atoms with E-state index in [9.17, 15) is 0 Å². The number of anilines is 3. The van der Waals surface area contributed by atoms with Gasteiger partial charge in [-0.1, -0.05) is 102 Å². The van der Waals surface area contributed by atoms with E-state index in [-0.39, 0.29) is 0 Å². The zero-order valence-corrected chi connectivity index (χ0v) is 18.2. The van der Waals surface area contributed by atoms with E-state index >= 15 is 0 Å². The van der Waals surface area contributed by atoms with Gasteiger partial charge in [-0.05, 0) is 46.8 Å². The molecule has 5 aromatic carbocycles. The van der Waals surface area contributed by atoms with Crippen LogP contribution >= 0.6 is 23.4 Å². The number of nitrogens with zero attached hydrogens (tertiary/aromatic N) is 1. The minimum atomic E-state index is 0.760. The number of benzene rings is 5. The molecular formula is C28H18ClNS. The van der Waals surface area contributed by atoms with Gasteiger partial charge in [-0.15, -0.1) is 0 Å². The van der Waals surface area contributed by atoms with Crippen LogP contribution in [-0.4, -0.2) is 0 Å². The highest BCUT2D eigenvalue weighted by Crippen LogP contribution is 2.54. The first kappa shape index (κ1) is 18.6. The van der Waals surface area contributed by atoms with Crippen LogP contribution in [0.5, 0.6) is 0 Å². The SMILES string of the molecule is Clc1cccc2c1N(c1cccc3c(-c4ccccc4)cccc13)c1ccccc1S2. The summed E-state index contributed by atoms with van der Waals surface area (Å²) in [5.41, 5.74) is 5.80. The van der Waals surface area contributed by atoms with E-state index in [0.29, 0.717) is 0 Å². The zero-order valence-electron chi connectivity index (χ0n) is 16.6. The van der Waals surface area contributed by atoms with Crippen LogP contribution in [0.4, 0.5) is 17.1 Å². The molecule has 1 aliphatic heterocycles. The largest absolute Gasteiger partial charge is 0.306 e. The maximum atomic E-state index is 6.78. The molecule has 0 atom stereocenters. The topological polar surface area (TPSA) is 3.24 Å². The molecule has 0 N–H and O–H groups in total. The third kappa shape index (κ3) is 3.03. The molecule has 1 heterocycles. The van der Waals surface area contributed by atoms with Crippen molar-refractivity contribution >= 4 is 51.2 Å². The quantitative estimate of drug-likeness (QED) is 0.267. The van der Waals surface area contributed by atoms with E-state index in [1.165, 1.54) is 31.7 Å². The molecule has 5 aromatic rings. The normalized spacial score (nSPS) is 12.5. The van der Waals surface area contributed by atoms with Gasteiger partial charge < -0.3 is 4.90 Å². The van der Waals surface area contributed by atoms with Crippen molar-refractivity contribution in [2.24, 2.45) is 0 Å². The first-order valence-electron chi connectivity index (χ1n) is 10.2. The minimum Gasteiger partial charge on any atom is -0.306 e. The maximum absolute atomic E-state index is 6.78. The lowest BCUT2D eigenvalue weighted by molar-refractivity contribution is 1.17. The molecule has 0 aromatic heterocycles. The van der Waals surface area contributed by atoms with Crippen LogP contribution in [0.3, 0.4) is 0 Å². The van der Waals surface area contributed by atoms with Gasteiger partial charge in [-0.3, -0.25) is 0 Å². The fraction of sp³-hybridized carbons (Fsp3) is 0. The molecule has 6 rings (SSSR count). The van der Waals surface area contributed by atoms with E-state index in [4.69, 9.17) is 11.6 Å². The van der Waals surface area contributed by atoms with Gasteiger partial charge in [-0.25, -0.2) is 0 Å². The van der Waals surface area contributed by atoms with E-state index in [1.807, 2.05) is 12.1 Å². The summed E-state index contributed by atoms with van der Waals surface area (Å²) >= 11 is 8.55. The van der Waals surface area contributed by atoms with Crippen molar-refractivity contribution in [3.05, 3.63) is 114 Å². The number of halogens is 1. The van der Waals surface area contributed by atoms with Gasteiger partial charge in [-0.2, -0.15) is 0 Å². The summed E-state index contributed by atoms with van der Waals surface area (Å²) in [4.78, 5) is 4.72. The summed E-state index contributed by atoms with van der Waals surface area (Å²) < 4.78 is 0. The van der Waals surface area contributed by atoms with Crippen molar-refractivity contribution in [1.82, 2.24) is 0 Å². The smallest absolute Gasteiger partial charge is 0.0788 e. The highest BCUT2D eigenvalue weighted by atomic mass is 35.5. The Hall–Kier alpha value is -3.20. The Morgan fingerprint density at radius 3 is 2.13 bits per heavy atom. The standard InChI is InChI=1S/C28H18ClNS/c29-23-14-8-18-27-28(23)30(25-15-4-5-17-26(25)31-27)24-16-7-12-21-20(11-6-13-22(21)24)19-9-2-1-3-10-19/h1-18H. The number of rotatable bonds is 2. The molecule has 0 saturated heterocycles. The maximum Gasteiger partial charge on any atom is 0.0788 e. The van der Waals surface area contributed by atoms with Crippen molar-refractivity contribution in [3.8, 4) is 11.1 Å². The Labute approximate surface area is 190 Å². The summed E-state index contributed by atoms with van der Waals surface area (Å²) in [5.74, 6) is 0. The Kier molecular flexibility index (Phi) is 4.48. The van der Waals surface area contributed by atoms with Crippen molar-refractivity contribution in [2.45, 2.75) is 9.79 Å². The molecule has 0 radical (unpaired) electrons. The van der Waals surface area contributed by atoms with Gasteiger partial charge in [0.1, 0.15) is 0 Å². The van der Waals surface area contributed by atoms with Crippen molar-refractivity contribution in [2.75, 3.05) is 4.90 Å². The average Bonchev–Trinajstić information content (AvgIpc) is 2.83. The van der Waals surface area contributed by atoms with Crippen LogP contribution < -0.4 is 4.90 Å². The molecule has 1 nitrogen and oxygen atoms in total. The number of hydrogen-bond donors (Lipinski definition) is 0. The molecule has 0 fully saturated rings. The van der Waals surface area contributed by atoms with Gasteiger partial charge >= 0.3 is 0 Å². The summed E-state index contributed by atoms with van der Waals surface area (Å²) in [5, 5.41) is 3.20. The fourth-order valence-electron chi connectivity index (χ4n) is 4.37. The number of para-hydroxylation sites is 2. The lowest BCUT2D eigenvalue weighted by Gasteiger charge is -2.34. The van der Waals surface area contributed by atoms with Gasteiger partial charge in [0, 0.05) is 15.2 Å². The molecule has 0 bridgehead atoms. The monoisotopic (exact) mass is 435 g/mol. The van der Waals surface area contributed by atoms with E-state index in [2.05, 4.69) is 102 Å². The second-order valence-corrected chi connectivity index (χ2v) is 9.03. The first-order chi connectivity index (χ1) is 15.3. The Balaban J connectivity index is 1.66.